The standard InChI is InChI=1S/C17H21F3N2O2/c1-5-9-22(11-17(18,19)20)14(23)12-7-6-8-13(10-12)21-15(24)16(2,3)4/h5-8,10H,1,9,11H2,2-4H3,(H,21,24). The van der Waals surface area contributed by atoms with Crippen LogP contribution in [0.4, 0.5) is 18.9 Å². The van der Waals surface area contributed by atoms with Gasteiger partial charge in [-0.3, -0.25) is 9.59 Å². The Balaban J connectivity index is 3.00. The van der Waals surface area contributed by atoms with Gasteiger partial charge in [0.2, 0.25) is 5.91 Å². The summed E-state index contributed by atoms with van der Waals surface area (Å²) in [5, 5.41) is 2.64. The molecule has 0 spiro atoms. The Labute approximate surface area is 139 Å². The Morgan fingerprint density at radius 2 is 1.88 bits per heavy atom. The molecule has 2 amide bonds. The van der Waals surface area contributed by atoms with Crippen LogP contribution in [0.25, 0.3) is 0 Å². The molecule has 0 aliphatic rings. The molecule has 24 heavy (non-hydrogen) atoms. The molecule has 0 saturated heterocycles. The molecular weight excluding hydrogens is 321 g/mol. The minimum atomic E-state index is -4.50. The molecule has 0 fully saturated rings. The van der Waals surface area contributed by atoms with E-state index in [1.165, 1.54) is 24.3 Å². The van der Waals surface area contributed by atoms with Gasteiger partial charge in [0.25, 0.3) is 5.91 Å². The summed E-state index contributed by atoms with van der Waals surface area (Å²) in [6, 6.07) is 5.84. The summed E-state index contributed by atoms with van der Waals surface area (Å²) in [6.07, 6.45) is -3.27. The normalized spacial score (nSPS) is 11.8. The number of carbonyl (C=O) groups is 2. The van der Waals surface area contributed by atoms with Crippen LogP contribution in [0, 0.1) is 5.41 Å². The predicted molar refractivity (Wildman–Crippen MR) is 86.7 cm³/mol. The van der Waals surface area contributed by atoms with Gasteiger partial charge in [-0.15, -0.1) is 6.58 Å². The Kier molecular flexibility index (Phi) is 6.17. The average molecular weight is 342 g/mol. The van der Waals surface area contributed by atoms with Crippen LogP contribution in [-0.4, -0.2) is 36.0 Å². The first-order valence-electron chi connectivity index (χ1n) is 7.32. The summed E-state index contributed by atoms with van der Waals surface area (Å²) < 4.78 is 37.8. The molecule has 1 N–H and O–H groups in total. The van der Waals surface area contributed by atoms with Crippen LogP contribution in [0.3, 0.4) is 0 Å². The van der Waals surface area contributed by atoms with Crippen molar-refractivity contribution in [2.75, 3.05) is 18.4 Å². The summed E-state index contributed by atoms with van der Waals surface area (Å²) in [6.45, 7) is 6.97. The maximum Gasteiger partial charge on any atom is 0.406 e. The van der Waals surface area contributed by atoms with Crippen LogP contribution < -0.4 is 5.32 Å². The van der Waals surface area contributed by atoms with Crippen molar-refractivity contribution in [1.29, 1.82) is 0 Å². The number of alkyl halides is 3. The summed E-state index contributed by atoms with van der Waals surface area (Å²) in [5.41, 5.74) is -0.218. The maximum absolute atomic E-state index is 12.6. The minimum absolute atomic E-state index is 0.0628. The minimum Gasteiger partial charge on any atom is -0.326 e. The van der Waals surface area contributed by atoms with E-state index in [-0.39, 0.29) is 18.0 Å². The maximum atomic E-state index is 12.6. The summed E-state index contributed by atoms with van der Waals surface area (Å²) >= 11 is 0. The lowest BCUT2D eigenvalue weighted by Gasteiger charge is -2.23. The van der Waals surface area contributed by atoms with Crippen molar-refractivity contribution in [2.24, 2.45) is 5.41 Å². The van der Waals surface area contributed by atoms with Gasteiger partial charge in [-0.05, 0) is 18.2 Å². The van der Waals surface area contributed by atoms with Crippen LogP contribution in [0.15, 0.2) is 36.9 Å². The SMILES string of the molecule is C=CCN(CC(F)(F)F)C(=O)c1cccc(NC(=O)C(C)(C)C)c1. The molecule has 1 aromatic carbocycles. The van der Waals surface area contributed by atoms with Crippen molar-refractivity contribution in [2.45, 2.75) is 26.9 Å². The molecule has 0 aliphatic heterocycles. The van der Waals surface area contributed by atoms with Gasteiger partial charge in [-0.1, -0.05) is 32.9 Å². The molecule has 4 nitrogen and oxygen atoms in total. The molecule has 1 aromatic rings. The second kappa shape index (κ2) is 7.51. The van der Waals surface area contributed by atoms with Crippen LogP contribution in [-0.2, 0) is 4.79 Å². The fourth-order valence-electron chi connectivity index (χ4n) is 1.82. The second-order valence-electron chi connectivity index (χ2n) is 6.37. The van der Waals surface area contributed by atoms with E-state index < -0.39 is 24.0 Å². The van der Waals surface area contributed by atoms with Gasteiger partial charge >= 0.3 is 6.18 Å². The number of amides is 2. The van der Waals surface area contributed by atoms with Crippen molar-refractivity contribution < 1.29 is 22.8 Å². The number of hydrogen-bond acceptors (Lipinski definition) is 2. The third-order valence-electron chi connectivity index (χ3n) is 3.06. The van der Waals surface area contributed by atoms with Crippen molar-refractivity contribution in [1.82, 2.24) is 4.90 Å². The Bertz CT molecular complexity index is 619. The van der Waals surface area contributed by atoms with E-state index in [4.69, 9.17) is 0 Å². The van der Waals surface area contributed by atoms with E-state index in [0.717, 1.165) is 0 Å². The zero-order chi connectivity index (χ0) is 18.5. The van der Waals surface area contributed by atoms with E-state index in [2.05, 4.69) is 11.9 Å². The van der Waals surface area contributed by atoms with E-state index >= 15 is 0 Å². The highest BCUT2D eigenvalue weighted by molar-refractivity contribution is 5.98. The van der Waals surface area contributed by atoms with Crippen molar-refractivity contribution >= 4 is 17.5 Å². The Morgan fingerprint density at radius 1 is 1.25 bits per heavy atom. The van der Waals surface area contributed by atoms with Gasteiger partial charge in [0.15, 0.2) is 0 Å². The average Bonchev–Trinajstić information content (AvgIpc) is 2.44. The smallest absolute Gasteiger partial charge is 0.326 e. The number of nitrogens with one attached hydrogen (secondary N) is 1. The number of anilines is 1. The van der Waals surface area contributed by atoms with Crippen molar-refractivity contribution in [3.63, 3.8) is 0 Å². The highest BCUT2D eigenvalue weighted by Crippen LogP contribution is 2.21. The van der Waals surface area contributed by atoms with Crippen LogP contribution >= 0.6 is 0 Å². The molecule has 0 heterocycles. The lowest BCUT2D eigenvalue weighted by molar-refractivity contribution is -0.139. The van der Waals surface area contributed by atoms with Crippen molar-refractivity contribution in [3.05, 3.63) is 42.5 Å². The van der Waals surface area contributed by atoms with Crippen LogP contribution in [0.2, 0.25) is 0 Å². The quantitative estimate of drug-likeness (QED) is 0.826. The highest BCUT2D eigenvalue weighted by atomic mass is 19.4. The van der Waals surface area contributed by atoms with Gasteiger partial charge in [0, 0.05) is 23.2 Å². The van der Waals surface area contributed by atoms with Crippen molar-refractivity contribution in [3.8, 4) is 0 Å². The number of halogens is 3. The van der Waals surface area contributed by atoms with E-state index in [9.17, 15) is 22.8 Å². The Hall–Kier alpha value is -2.31. The second-order valence-corrected chi connectivity index (χ2v) is 6.37. The molecule has 0 unspecified atom stereocenters. The summed E-state index contributed by atoms with van der Waals surface area (Å²) in [5.74, 6) is -1.04. The van der Waals surface area contributed by atoms with E-state index in [1.807, 2.05) is 0 Å². The molecule has 132 valence electrons. The Morgan fingerprint density at radius 3 is 2.38 bits per heavy atom. The number of rotatable bonds is 5. The fraction of sp³-hybridized carbons (Fsp3) is 0.412. The number of carbonyl (C=O) groups excluding carboxylic acids is 2. The highest BCUT2D eigenvalue weighted by Gasteiger charge is 2.33. The number of hydrogen-bond donors (Lipinski definition) is 1. The lowest BCUT2D eigenvalue weighted by atomic mass is 9.95. The third-order valence-corrected chi connectivity index (χ3v) is 3.06. The molecule has 0 radical (unpaired) electrons. The van der Waals surface area contributed by atoms with Crippen LogP contribution in [0.5, 0.6) is 0 Å². The zero-order valence-corrected chi connectivity index (χ0v) is 13.9. The number of nitrogens with zero attached hydrogens (tertiary/aromatic N) is 1. The topological polar surface area (TPSA) is 49.4 Å². The van der Waals surface area contributed by atoms with Gasteiger partial charge in [0.05, 0.1) is 0 Å². The molecule has 0 aromatic heterocycles. The third kappa shape index (κ3) is 6.06. The van der Waals surface area contributed by atoms with Gasteiger partial charge in [-0.2, -0.15) is 13.2 Å². The van der Waals surface area contributed by atoms with E-state index in [1.54, 1.807) is 26.8 Å². The first kappa shape index (κ1) is 19.7. The van der Waals surface area contributed by atoms with Crippen LogP contribution in [0.1, 0.15) is 31.1 Å². The zero-order valence-electron chi connectivity index (χ0n) is 13.9. The molecule has 0 atom stereocenters. The monoisotopic (exact) mass is 342 g/mol. The largest absolute Gasteiger partial charge is 0.406 e. The fourth-order valence-corrected chi connectivity index (χ4v) is 1.82. The molecule has 0 saturated carbocycles. The summed E-state index contributed by atoms with van der Waals surface area (Å²) in [7, 11) is 0. The van der Waals surface area contributed by atoms with Gasteiger partial charge in [-0.25, -0.2) is 0 Å². The van der Waals surface area contributed by atoms with Gasteiger partial charge in [0.1, 0.15) is 6.54 Å². The first-order chi connectivity index (χ1) is 10.9. The molecular formula is C17H21F3N2O2. The molecule has 1 rings (SSSR count). The molecule has 0 bridgehead atoms. The number of benzene rings is 1. The van der Waals surface area contributed by atoms with E-state index in [0.29, 0.717) is 10.6 Å². The molecule has 0 aliphatic carbocycles. The van der Waals surface area contributed by atoms with Gasteiger partial charge < -0.3 is 10.2 Å². The summed E-state index contributed by atoms with van der Waals surface area (Å²) in [4.78, 5) is 24.9. The molecule has 7 heteroatoms. The first-order valence-corrected chi connectivity index (χ1v) is 7.32. The lowest BCUT2D eigenvalue weighted by Crippen LogP contribution is -2.39. The predicted octanol–water partition coefficient (Wildman–Crippen LogP) is 3.86.